The minimum Gasteiger partial charge on any atom is -0.750 e. The van der Waals surface area contributed by atoms with Gasteiger partial charge in [-0.1, -0.05) is 0 Å². The second-order valence-electron chi connectivity index (χ2n) is 0.561. The van der Waals surface area contributed by atoms with Crippen molar-refractivity contribution in [2.24, 2.45) is 0 Å². The van der Waals surface area contributed by atoms with Crippen molar-refractivity contribution in [2.75, 3.05) is 0 Å². The summed E-state index contributed by atoms with van der Waals surface area (Å²) in [5, 5.41) is 0. The molecule has 0 aliphatic carbocycles. The van der Waals surface area contributed by atoms with Crippen molar-refractivity contribution in [1.29, 1.82) is 0 Å². The Morgan fingerprint density at radius 1 is 1.62 bits per heavy atom. The first kappa shape index (κ1) is 12.3. The maximum absolute atomic E-state index is 10.7. The zero-order valence-corrected chi connectivity index (χ0v) is 7.91. The Balaban J connectivity index is 0. The van der Waals surface area contributed by atoms with Crippen LogP contribution >= 0.6 is 0 Å². The zero-order valence-electron chi connectivity index (χ0n) is 3.97. The van der Waals surface area contributed by atoms with Crippen LogP contribution in [-0.2, 0) is 15.5 Å². The summed E-state index contributed by atoms with van der Waals surface area (Å²) in [5.74, 6) is 0. The molecule has 3 nitrogen and oxygen atoms in total. The number of hydrogen-bond donors (Lipinski definition) is 0. The zero-order chi connectivity index (χ0) is 5.86. The van der Waals surface area contributed by atoms with Gasteiger partial charge in [-0.15, -0.1) is 0 Å². The molecule has 1 unspecified atom stereocenters. The summed E-state index contributed by atoms with van der Waals surface area (Å²) >= 11 is -3.10. The van der Waals surface area contributed by atoms with Crippen LogP contribution in [0.25, 0.3) is 0 Å². The van der Waals surface area contributed by atoms with Crippen molar-refractivity contribution in [1.82, 2.24) is 0 Å². The molecule has 0 aromatic heterocycles. The molecule has 7 heteroatoms. The van der Waals surface area contributed by atoms with Gasteiger partial charge in [0.1, 0.15) is 0 Å². The van der Waals surface area contributed by atoms with Gasteiger partial charge in [0, 0.05) is 0 Å². The van der Waals surface area contributed by atoms with E-state index >= 15 is 0 Å². The Morgan fingerprint density at radius 3 is 2.00 bits per heavy atom. The van der Waals surface area contributed by atoms with E-state index in [2.05, 4.69) is 4.18 Å². The van der Waals surface area contributed by atoms with Crippen LogP contribution in [0.4, 0.5) is 8.78 Å². The summed E-state index contributed by atoms with van der Waals surface area (Å²) in [6.07, 6.45) is 0. The quantitative estimate of drug-likeness (QED) is 0.328. The van der Waals surface area contributed by atoms with Gasteiger partial charge in [0.15, 0.2) is 0 Å². The van der Waals surface area contributed by atoms with Crippen LogP contribution in [0.15, 0.2) is 0 Å². The molecule has 0 heterocycles. The summed E-state index contributed by atoms with van der Waals surface area (Å²) < 4.78 is 42.4. The first-order valence-electron chi connectivity index (χ1n) is 1.17. The van der Waals surface area contributed by atoms with Gasteiger partial charge in [-0.25, -0.2) is 8.39 Å². The Hall–Kier alpha value is 1.57. The third kappa shape index (κ3) is 10.5. The molecule has 0 N–H and O–H groups in total. The molecule has 0 amide bonds. The monoisotopic (exact) mass is 170 g/mol. The summed E-state index contributed by atoms with van der Waals surface area (Å²) in [4.78, 5) is 0. The second-order valence-corrected chi connectivity index (χ2v) is 1.16. The Bertz CT molecular complexity index is 77.7. The largest absolute Gasteiger partial charge is 1.00 e. The van der Waals surface area contributed by atoms with Gasteiger partial charge in [0.25, 0.3) is 0 Å². The van der Waals surface area contributed by atoms with E-state index in [0.717, 1.165) is 0 Å². The summed E-state index contributed by atoms with van der Waals surface area (Å²) in [5.41, 5.74) is 0. The molecular weight excluding hydrogens is 169 g/mol. The average Bonchev–Trinajstić information content (AvgIpc) is 1.27. The normalized spacial score (nSPS) is 13.0. The molecule has 0 fully saturated rings. The third-order valence-corrected chi connectivity index (χ3v) is 0.454. The molecule has 44 valence electrons. The third-order valence-electron chi connectivity index (χ3n) is 0.151. The van der Waals surface area contributed by atoms with Crippen LogP contribution in [0.5, 0.6) is 0 Å². The molecular formula is CHF2KO3S. The van der Waals surface area contributed by atoms with Gasteiger partial charge in [0.2, 0.25) is 0 Å². The fraction of sp³-hybridized carbons (Fsp3) is 1.00. The minimum atomic E-state index is -3.24. The molecule has 0 spiro atoms. The van der Waals surface area contributed by atoms with Crippen LogP contribution in [0.3, 0.4) is 0 Å². The van der Waals surface area contributed by atoms with Crippen molar-refractivity contribution in [3.8, 4) is 0 Å². The first-order valence-corrected chi connectivity index (χ1v) is 2.17. The molecule has 0 bridgehead atoms. The molecule has 0 aromatic carbocycles. The Labute approximate surface area is 89.7 Å². The number of hydrogen-bond acceptors (Lipinski definition) is 3. The predicted molar refractivity (Wildman–Crippen MR) is 16.0 cm³/mol. The standard InChI is InChI=1S/CH2F2O3S.K/c2-1(3)6-7(4)5;/h1H,(H,4,5);/q;+1/p-1. The summed E-state index contributed by atoms with van der Waals surface area (Å²) in [7, 11) is 0. The van der Waals surface area contributed by atoms with Gasteiger partial charge >= 0.3 is 58.0 Å². The van der Waals surface area contributed by atoms with Crippen LogP contribution in [0.1, 0.15) is 0 Å². The topological polar surface area (TPSA) is 49.4 Å². The van der Waals surface area contributed by atoms with Crippen molar-refractivity contribution in [2.45, 2.75) is 6.61 Å². The molecule has 0 radical (unpaired) electrons. The predicted octanol–water partition coefficient (Wildman–Crippen LogP) is -2.98. The number of alkyl halides is 2. The van der Waals surface area contributed by atoms with Gasteiger partial charge in [-0.2, -0.15) is 8.78 Å². The van der Waals surface area contributed by atoms with E-state index in [1.54, 1.807) is 0 Å². The van der Waals surface area contributed by atoms with Crippen LogP contribution in [-0.4, -0.2) is 15.4 Å². The van der Waals surface area contributed by atoms with Gasteiger partial charge in [-0.3, -0.25) is 0 Å². The molecule has 0 saturated heterocycles. The molecule has 0 saturated carbocycles. The summed E-state index contributed by atoms with van der Waals surface area (Å²) in [6, 6.07) is 0. The minimum absolute atomic E-state index is 0. The summed E-state index contributed by atoms with van der Waals surface area (Å²) in [6.45, 7) is -3.24. The van der Waals surface area contributed by atoms with Crippen molar-refractivity contribution in [3.05, 3.63) is 0 Å². The van der Waals surface area contributed by atoms with Crippen molar-refractivity contribution >= 4 is 11.4 Å². The number of halogens is 2. The van der Waals surface area contributed by atoms with Crippen molar-refractivity contribution in [3.63, 3.8) is 0 Å². The molecule has 8 heavy (non-hydrogen) atoms. The molecule has 1 atom stereocenters. The van der Waals surface area contributed by atoms with Crippen molar-refractivity contribution < 1.29 is 73.1 Å². The van der Waals surface area contributed by atoms with E-state index in [9.17, 15) is 8.78 Å². The Morgan fingerprint density at radius 2 is 2.00 bits per heavy atom. The molecule has 0 rings (SSSR count). The van der Waals surface area contributed by atoms with E-state index in [-0.39, 0.29) is 51.4 Å². The SMILES string of the molecule is O=S([O-])OC(F)F.[K+]. The van der Waals surface area contributed by atoms with E-state index in [1.165, 1.54) is 0 Å². The van der Waals surface area contributed by atoms with Gasteiger partial charge in [-0.05, 0) is 0 Å². The molecule has 0 aliphatic rings. The Kier molecular flexibility index (Phi) is 10.2. The second kappa shape index (κ2) is 6.68. The fourth-order valence-electron chi connectivity index (χ4n) is 0.0594. The maximum atomic E-state index is 10.7. The van der Waals surface area contributed by atoms with E-state index < -0.39 is 18.0 Å². The maximum Gasteiger partial charge on any atom is 1.00 e. The first-order chi connectivity index (χ1) is 3.13. The fourth-order valence-corrected chi connectivity index (χ4v) is 0.178. The van der Waals surface area contributed by atoms with E-state index in [4.69, 9.17) is 8.76 Å². The van der Waals surface area contributed by atoms with Crippen LogP contribution in [0, 0.1) is 0 Å². The molecule has 0 aliphatic heterocycles. The molecule has 0 aromatic rings. The smallest absolute Gasteiger partial charge is 0.750 e. The van der Waals surface area contributed by atoms with Gasteiger partial charge in [0.05, 0.1) is 11.4 Å². The van der Waals surface area contributed by atoms with Crippen LogP contribution < -0.4 is 51.4 Å². The number of rotatable bonds is 2. The average molecular weight is 170 g/mol. The van der Waals surface area contributed by atoms with E-state index in [0.29, 0.717) is 0 Å². The van der Waals surface area contributed by atoms with E-state index in [1.807, 2.05) is 0 Å². The van der Waals surface area contributed by atoms with Gasteiger partial charge < -0.3 is 4.55 Å². The van der Waals surface area contributed by atoms with Crippen LogP contribution in [0.2, 0.25) is 0 Å².